The van der Waals surface area contributed by atoms with Gasteiger partial charge in [0.2, 0.25) is 11.8 Å². The fourth-order valence-electron chi connectivity index (χ4n) is 2.53. The molecule has 1 rings (SSSR count). The first-order valence-corrected chi connectivity index (χ1v) is 6.68. The van der Waals surface area contributed by atoms with Crippen molar-refractivity contribution in [1.29, 1.82) is 0 Å². The van der Waals surface area contributed by atoms with Crippen LogP contribution in [0.15, 0.2) is 0 Å². The zero-order chi connectivity index (χ0) is 14.5. The van der Waals surface area contributed by atoms with Gasteiger partial charge in [-0.3, -0.25) is 9.59 Å². The SMILES string of the molecule is COCCNC(=O)CN(C)C(=O)C1(C)CCCC1N. The Morgan fingerprint density at radius 1 is 1.53 bits per heavy atom. The van der Waals surface area contributed by atoms with Gasteiger partial charge in [-0.1, -0.05) is 6.42 Å². The van der Waals surface area contributed by atoms with Crippen LogP contribution in [0.5, 0.6) is 0 Å². The van der Waals surface area contributed by atoms with Crippen LogP contribution in [0, 0.1) is 5.41 Å². The summed E-state index contributed by atoms with van der Waals surface area (Å²) >= 11 is 0. The standard InChI is InChI=1S/C13H25N3O3/c1-13(6-4-5-10(13)14)12(18)16(2)9-11(17)15-7-8-19-3/h10H,4-9,14H2,1-3H3,(H,15,17). The van der Waals surface area contributed by atoms with Crippen molar-refractivity contribution in [2.24, 2.45) is 11.1 Å². The highest BCUT2D eigenvalue weighted by atomic mass is 16.5. The number of rotatable bonds is 6. The van der Waals surface area contributed by atoms with Crippen molar-refractivity contribution in [2.75, 3.05) is 33.9 Å². The van der Waals surface area contributed by atoms with Crippen molar-refractivity contribution >= 4 is 11.8 Å². The van der Waals surface area contributed by atoms with Crippen LogP contribution < -0.4 is 11.1 Å². The number of likely N-dealkylation sites (N-methyl/N-ethyl adjacent to an activating group) is 1. The smallest absolute Gasteiger partial charge is 0.239 e. The van der Waals surface area contributed by atoms with E-state index in [0.29, 0.717) is 13.2 Å². The van der Waals surface area contributed by atoms with E-state index in [1.807, 2.05) is 6.92 Å². The van der Waals surface area contributed by atoms with E-state index >= 15 is 0 Å². The summed E-state index contributed by atoms with van der Waals surface area (Å²) < 4.78 is 4.84. The lowest BCUT2D eigenvalue weighted by Gasteiger charge is -2.32. The maximum Gasteiger partial charge on any atom is 0.239 e. The van der Waals surface area contributed by atoms with Gasteiger partial charge in [0.15, 0.2) is 0 Å². The molecule has 0 aliphatic heterocycles. The van der Waals surface area contributed by atoms with Crippen molar-refractivity contribution in [3.05, 3.63) is 0 Å². The van der Waals surface area contributed by atoms with Gasteiger partial charge in [-0.15, -0.1) is 0 Å². The first kappa shape index (κ1) is 15.9. The number of nitrogens with two attached hydrogens (primary N) is 1. The number of carbonyl (C=O) groups is 2. The number of amides is 2. The Morgan fingerprint density at radius 2 is 2.21 bits per heavy atom. The fraction of sp³-hybridized carbons (Fsp3) is 0.846. The Hall–Kier alpha value is -1.14. The molecule has 1 fully saturated rings. The topological polar surface area (TPSA) is 84.7 Å². The molecule has 0 bridgehead atoms. The van der Waals surface area contributed by atoms with E-state index in [-0.39, 0.29) is 24.4 Å². The summed E-state index contributed by atoms with van der Waals surface area (Å²) in [5.74, 6) is -0.220. The van der Waals surface area contributed by atoms with E-state index in [2.05, 4.69) is 5.32 Å². The molecule has 0 aromatic rings. The van der Waals surface area contributed by atoms with Crippen LogP contribution in [-0.2, 0) is 14.3 Å². The van der Waals surface area contributed by atoms with Crippen LogP contribution in [0.3, 0.4) is 0 Å². The van der Waals surface area contributed by atoms with Crippen LogP contribution in [0.1, 0.15) is 26.2 Å². The van der Waals surface area contributed by atoms with Gasteiger partial charge in [0.1, 0.15) is 0 Å². The van der Waals surface area contributed by atoms with Crippen molar-refractivity contribution in [3.63, 3.8) is 0 Å². The molecule has 1 saturated carbocycles. The quantitative estimate of drug-likeness (QED) is 0.651. The maximum absolute atomic E-state index is 12.4. The normalized spacial score (nSPS) is 26.2. The van der Waals surface area contributed by atoms with E-state index in [4.69, 9.17) is 10.5 Å². The molecule has 6 nitrogen and oxygen atoms in total. The number of hydrogen-bond acceptors (Lipinski definition) is 4. The van der Waals surface area contributed by atoms with E-state index in [1.165, 1.54) is 4.90 Å². The zero-order valence-electron chi connectivity index (χ0n) is 12.1. The van der Waals surface area contributed by atoms with E-state index in [0.717, 1.165) is 19.3 Å². The minimum Gasteiger partial charge on any atom is -0.383 e. The summed E-state index contributed by atoms with van der Waals surface area (Å²) in [6.07, 6.45) is 2.63. The number of carbonyl (C=O) groups excluding carboxylic acids is 2. The lowest BCUT2D eigenvalue weighted by Crippen LogP contribution is -2.50. The third-order valence-corrected chi connectivity index (χ3v) is 3.87. The average molecular weight is 271 g/mol. The molecule has 2 amide bonds. The molecule has 2 unspecified atom stereocenters. The summed E-state index contributed by atoms with van der Waals surface area (Å²) in [6, 6.07) is -0.112. The van der Waals surface area contributed by atoms with Gasteiger partial charge in [-0.05, 0) is 19.8 Å². The zero-order valence-corrected chi connectivity index (χ0v) is 12.1. The molecule has 6 heteroatoms. The number of nitrogens with zero attached hydrogens (tertiary/aromatic N) is 1. The third kappa shape index (κ3) is 3.91. The first-order chi connectivity index (χ1) is 8.91. The molecular weight excluding hydrogens is 246 g/mol. The van der Waals surface area contributed by atoms with Gasteiger partial charge in [0.05, 0.1) is 18.6 Å². The molecular formula is C13H25N3O3. The minimum atomic E-state index is -0.526. The second-order valence-corrected chi connectivity index (χ2v) is 5.42. The second kappa shape index (κ2) is 6.86. The molecule has 110 valence electrons. The lowest BCUT2D eigenvalue weighted by molar-refractivity contribution is -0.143. The monoisotopic (exact) mass is 271 g/mol. The highest BCUT2D eigenvalue weighted by Crippen LogP contribution is 2.38. The Balaban J connectivity index is 2.46. The lowest BCUT2D eigenvalue weighted by atomic mass is 9.83. The molecule has 0 heterocycles. The van der Waals surface area contributed by atoms with Crippen LogP contribution in [0.2, 0.25) is 0 Å². The highest BCUT2D eigenvalue weighted by Gasteiger charge is 2.44. The minimum absolute atomic E-state index is 0.0422. The number of ether oxygens (including phenoxy) is 1. The number of hydrogen-bond donors (Lipinski definition) is 2. The van der Waals surface area contributed by atoms with E-state index in [9.17, 15) is 9.59 Å². The van der Waals surface area contributed by atoms with Crippen LogP contribution in [0.4, 0.5) is 0 Å². The largest absolute Gasteiger partial charge is 0.383 e. The van der Waals surface area contributed by atoms with Crippen molar-refractivity contribution < 1.29 is 14.3 Å². The second-order valence-electron chi connectivity index (χ2n) is 5.42. The van der Waals surface area contributed by atoms with Crippen LogP contribution in [-0.4, -0.2) is 56.6 Å². The van der Waals surface area contributed by atoms with Crippen molar-refractivity contribution in [1.82, 2.24) is 10.2 Å². The van der Waals surface area contributed by atoms with Crippen molar-refractivity contribution in [2.45, 2.75) is 32.2 Å². The predicted octanol–water partition coefficient (Wildman–Crippen LogP) is -0.275. The molecule has 3 N–H and O–H groups in total. The maximum atomic E-state index is 12.4. The Morgan fingerprint density at radius 3 is 2.74 bits per heavy atom. The van der Waals surface area contributed by atoms with Crippen LogP contribution >= 0.6 is 0 Å². The summed E-state index contributed by atoms with van der Waals surface area (Å²) in [4.78, 5) is 25.5. The predicted molar refractivity (Wildman–Crippen MR) is 72.5 cm³/mol. The van der Waals surface area contributed by atoms with Crippen LogP contribution in [0.25, 0.3) is 0 Å². The van der Waals surface area contributed by atoms with E-state index < -0.39 is 5.41 Å². The molecule has 0 radical (unpaired) electrons. The molecule has 19 heavy (non-hydrogen) atoms. The molecule has 1 aliphatic carbocycles. The van der Waals surface area contributed by atoms with Gasteiger partial charge in [-0.2, -0.15) is 0 Å². The summed E-state index contributed by atoms with van der Waals surface area (Å²) in [7, 11) is 3.22. The van der Waals surface area contributed by atoms with Gasteiger partial charge in [-0.25, -0.2) is 0 Å². The summed E-state index contributed by atoms with van der Waals surface area (Å²) in [5, 5.41) is 2.69. The summed E-state index contributed by atoms with van der Waals surface area (Å²) in [6.45, 7) is 2.87. The Labute approximate surface area is 114 Å². The molecule has 0 saturated heterocycles. The molecule has 0 aromatic carbocycles. The van der Waals surface area contributed by atoms with Gasteiger partial charge in [0.25, 0.3) is 0 Å². The third-order valence-electron chi connectivity index (χ3n) is 3.87. The molecule has 2 atom stereocenters. The Bertz CT molecular complexity index is 335. The number of methoxy groups -OCH3 is 1. The molecule has 0 aromatic heterocycles. The van der Waals surface area contributed by atoms with Crippen molar-refractivity contribution in [3.8, 4) is 0 Å². The van der Waals surface area contributed by atoms with Gasteiger partial charge < -0.3 is 20.7 Å². The first-order valence-electron chi connectivity index (χ1n) is 6.68. The Kier molecular flexibility index (Phi) is 5.75. The average Bonchev–Trinajstić information content (AvgIpc) is 2.70. The highest BCUT2D eigenvalue weighted by molar-refractivity contribution is 5.88. The number of nitrogens with one attached hydrogen (secondary N) is 1. The molecule has 0 spiro atoms. The fourth-order valence-corrected chi connectivity index (χ4v) is 2.53. The molecule has 1 aliphatic rings. The summed E-state index contributed by atoms with van der Waals surface area (Å²) in [5.41, 5.74) is 5.49. The van der Waals surface area contributed by atoms with E-state index in [1.54, 1.807) is 14.2 Å². The van der Waals surface area contributed by atoms with Gasteiger partial charge in [0, 0.05) is 26.7 Å². The van der Waals surface area contributed by atoms with Gasteiger partial charge >= 0.3 is 0 Å².